The fourth-order valence-electron chi connectivity index (χ4n) is 2.42. The van der Waals surface area contributed by atoms with E-state index in [9.17, 15) is 13.9 Å². The molecule has 0 radical (unpaired) electrons. The molecule has 0 aliphatic carbocycles. The minimum absolute atomic E-state index is 0.0310. The number of aliphatic hydroxyl groups is 1. The van der Waals surface area contributed by atoms with Gasteiger partial charge in [0.2, 0.25) is 0 Å². The van der Waals surface area contributed by atoms with Crippen LogP contribution in [0, 0.1) is 11.6 Å². The molecule has 0 fully saturated rings. The Morgan fingerprint density at radius 1 is 1.42 bits per heavy atom. The van der Waals surface area contributed by atoms with Gasteiger partial charge in [0.1, 0.15) is 29.9 Å². The van der Waals surface area contributed by atoms with Crippen LogP contribution in [0.25, 0.3) is 0 Å². The van der Waals surface area contributed by atoms with Gasteiger partial charge in [0.05, 0.1) is 12.4 Å². The van der Waals surface area contributed by atoms with Crippen molar-refractivity contribution >= 4 is 34.9 Å². The van der Waals surface area contributed by atoms with Gasteiger partial charge in [-0.3, -0.25) is 0 Å². The molecule has 0 bridgehead atoms. The second-order valence-corrected chi connectivity index (χ2v) is 8.12. The van der Waals surface area contributed by atoms with Gasteiger partial charge in [-0.15, -0.1) is 11.6 Å². The molecule has 1 unspecified atom stereocenters. The Morgan fingerprint density at radius 3 is 2.85 bits per heavy atom. The van der Waals surface area contributed by atoms with Gasteiger partial charge < -0.3 is 5.11 Å². The van der Waals surface area contributed by atoms with Gasteiger partial charge in [-0.1, -0.05) is 17.8 Å². The van der Waals surface area contributed by atoms with E-state index < -0.39 is 22.5 Å². The Labute approximate surface area is 161 Å². The molecule has 26 heavy (non-hydrogen) atoms. The zero-order chi connectivity index (χ0) is 18.7. The molecule has 1 aromatic carbocycles. The third-order valence-corrected chi connectivity index (χ3v) is 6.12. The van der Waals surface area contributed by atoms with Crippen molar-refractivity contribution in [3.05, 3.63) is 53.9 Å². The summed E-state index contributed by atoms with van der Waals surface area (Å²) in [4.78, 5) is 8.09. The van der Waals surface area contributed by atoms with Crippen molar-refractivity contribution in [1.82, 2.24) is 24.1 Å². The summed E-state index contributed by atoms with van der Waals surface area (Å²) in [6, 6.07) is 3.09. The maximum absolute atomic E-state index is 14.4. The van der Waals surface area contributed by atoms with E-state index in [-0.39, 0.29) is 18.0 Å². The lowest BCUT2D eigenvalue weighted by atomic mass is 9.90. The molecule has 0 aliphatic heterocycles. The smallest absolute Gasteiger partial charge is 0.170 e. The molecular formula is C15H14ClF2N5OS2. The normalized spacial score (nSPS) is 15.0. The standard InChI is InChI=1S/C15H14ClF2N5OS2/c1-9(25-14-21-13(5-16)22-26-14)15(24,6-23-8-19-7-20-23)11-3-2-10(17)4-12(11)18/h2-4,7-9,24H,5-6H2,1H3/t9-,15?/m1/s1. The third kappa shape index (κ3) is 4.03. The van der Waals surface area contributed by atoms with Crippen molar-refractivity contribution in [2.24, 2.45) is 0 Å². The van der Waals surface area contributed by atoms with E-state index in [2.05, 4.69) is 19.4 Å². The molecule has 6 nitrogen and oxygen atoms in total. The summed E-state index contributed by atoms with van der Waals surface area (Å²) in [5.41, 5.74) is -1.72. The topological polar surface area (TPSA) is 76.7 Å². The first-order valence-electron chi connectivity index (χ1n) is 7.48. The van der Waals surface area contributed by atoms with Crippen LogP contribution in [0.15, 0.2) is 35.2 Å². The summed E-state index contributed by atoms with van der Waals surface area (Å²) in [5.74, 6) is -0.884. The largest absolute Gasteiger partial charge is 0.382 e. The lowest BCUT2D eigenvalue weighted by Crippen LogP contribution is -2.41. The van der Waals surface area contributed by atoms with E-state index in [0.29, 0.717) is 10.2 Å². The van der Waals surface area contributed by atoms with E-state index in [1.807, 2.05) is 0 Å². The predicted octanol–water partition coefficient (Wildman–Crippen LogP) is 3.22. The number of rotatable bonds is 7. The molecule has 0 saturated carbocycles. The van der Waals surface area contributed by atoms with Crippen molar-refractivity contribution < 1.29 is 13.9 Å². The fourth-order valence-corrected chi connectivity index (χ4v) is 4.62. The lowest BCUT2D eigenvalue weighted by Gasteiger charge is -2.33. The Kier molecular flexibility index (Phi) is 5.86. The van der Waals surface area contributed by atoms with Gasteiger partial charge in [0.15, 0.2) is 10.2 Å². The first kappa shape index (κ1) is 19.2. The van der Waals surface area contributed by atoms with Crippen LogP contribution in [0.2, 0.25) is 0 Å². The molecular weight excluding hydrogens is 404 g/mol. The predicted molar refractivity (Wildman–Crippen MR) is 95.1 cm³/mol. The van der Waals surface area contributed by atoms with Gasteiger partial charge in [0.25, 0.3) is 0 Å². The summed E-state index contributed by atoms with van der Waals surface area (Å²) in [5, 5.41) is 14.8. The van der Waals surface area contributed by atoms with Crippen LogP contribution in [-0.2, 0) is 18.0 Å². The van der Waals surface area contributed by atoms with E-state index in [4.69, 9.17) is 11.6 Å². The zero-order valence-corrected chi connectivity index (χ0v) is 15.9. The first-order valence-corrected chi connectivity index (χ1v) is 9.66. The molecule has 138 valence electrons. The molecule has 11 heteroatoms. The number of thioether (sulfide) groups is 1. The van der Waals surface area contributed by atoms with Crippen LogP contribution in [0.1, 0.15) is 18.3 Å². The molecule has 0 amide bonds. The van der Waals surface area contributed by atoms with Crippen LogP contribution < -0.4 is 0 Å². The van der Waals surface area contributed by atoms with Gasteiger partial charge >= 0.3 is 0 Å². The molecule has 2 heterocycles. The molecule has 3 aromatic rings. The Morgan fingerprint density at radius 2 is 2.23 bits per heavy atom. The fraction of sp³-hybridized carbons (Fsp3) is 0.333. The Hall–Kier alpha value is -1.62. The zero-order valence-electron chi connectivity index (χ0n) is 13.5. The van der Waals surface area contributed by atoms with Crippen LogP contribution in [0.5, 0.6) is 0 Å². The van der Waals surface area contributed by atoms with Crippen molar-refractivity contribution in [2.75, 3.05) is 0 Å². The molecule has 0 saturated heterocycles. The average molecular weight is 418 g/mol. The maximum Gasteiger partial charge on any atom is 0.170 e. The number of benzene rings is 1. The molecule has 0 spiro atoms. The first-order chi connectivity index (χ1) is 12.4. The summed E-state index contributed by atoms with van der Waals surface area (Å²) in [6.07, 6.45) is 2.73. The number of alkyl halides is 1. The minimum atomic E-state index is -1.69. The summed E-state index contributed by atoms with van der Waals surface area (Å²) in [6.45, 7) is 1.66. The SMILES string of the molecule is C[C@@H](Sc1nc(CCl)ns1)C(O)(Cn1cncn1)c1ccc(F)cc1F. The highest BCUT2D eigenvalue weighted by molar-refractivity contribution is 8.01. The van der Waals surface area contributed by atoms with Crippen LogP contribution in [0.4, 0.5) is 8.78 Å². The lowest BCUT2D eigenvalue weighted by molar-refractivity contribution is 0.0133. The minimum Gasteiger partial charge on any atom is -0.382 e. The number of hydrogen-bond donors (Lipinski definition) is 1. The summed E-state index contributed by atoms with van der Waals surface area (Å²) in [7, 11) is 0. The monoisotopic (exact) mass is 417 g/mol. The van der Waals surface area contributed by atoms with Crippen molar-refractivity contribution in [3.63, 3.8) is 0 Å². The molecule has 2 aromatic heterocycles. The van der Waals surface area contributed by atoms with E-state index in [1.54, 1.807) is 6.92 Å². The van der Waals surface area contributed by atoms with E-state index in [0.717, 1.165) is 23.7 Å². The van der Waals surface area contributed by atoms with Crippen molar-refractivity contribution in [3.8, 4) is 0 Å². The Balaban J connectivity index is 1.95. The highest BCUT2D eigenvalue weighted by Crippen LogP contribution is 2.39. The number of aromatic nitrogens is 5. The van der Waals surface area contributed by atoms with Crippen LogP contribution in [0.3, 0.4) is 0 Å². The highest BCUT2D eigenvalue weighted by atomic mass is 35.5. The van der Waals surface area contributed by atoms with Gasteiger partial charge in [-0.25, -0.2) is 23.4 Å². The van der Waals surface area contributed by atoms with Gasteiger partial charge in [-0.05, 0) is 24.5 Å². The second kappa shape index (κ2) is 7.95. The van der Waals surface area contributed by atoms with Crippen LogP contribution >= 0.6 is 34.9 Å². The number of nitrogens with zero attached hydrogens (tertiary/aromatic N) is 5. The van der Waals surface area contributed by atoms with Crippen LogP contribution in [-0.4, -0.2) is 34.5 Å². The van der Waals surface area contributed by atoms with E-state index >= 15 is 0 Å². The molecule has 0 aliphatic rings. The van der Waals surface area contributed by atoms with Gasteiger partial charge in [0, 0.05) is 16.9 Å². The van der Waals surface area contributed by atoms with Gasteiger partial charge in [-0.2, -0.15) is 9.47 Å². The third-order valence-electron chi connectivity index (χ3n) is 3.79. The number of halogens is 3. The molecule has 1 N–H and O–H groups in total. The quantitative estimate of drug-likeness (QED) is 0.470. The van der Waals surface area contributed by atoms with E-state index in [1.165, 1.54) is 35.2 Å². The van der Waals surface area contributed by atoms with Crippen molar-refractivity contribution in [2.45, 2.75) is 34.5 Å². The summed E-state index contributed by atoms with van der Waals surface area (Å²) < 4.78 is 33.8. The van der Waals surface area contributed by atoms with Crippen molar-refractivity contribution in [1.29, 1.82) is 0 Å². The second-order valence-electron chi connectivity index (χ2n) is 5.51. The maximum atomic E-state index is 14.4. The highest BCUT2D eigenvalue weighted by Gasteiger charge is 2.40. The molecule has 3 rings (SSSR count). The Bertz CT molecular complexity index is 879. The summed E-state index contributed by atoms with van der Waals surface area (Å²) >= 11 is 8.09. The average Bonchev–Trinajstić information content (AvgIpc) is 3.26. The number of hydrogen-bond acceptors (Lipinski definition) is 7. The molecule has 2 atom stereocenters.